The number of halogens is 1. The van der Waals surface area contributed by atoms with Gasteiger partial charge in [-0.15, -0.1) is 0 Å². The van der Waals surface area contributed by atoms with E-state index in [-0.39, 0.29) is 17.8 Å². The molecule has 1 rings (SSSR count). The second-order valence-electron chi connectivity index (χ2n) is 1.61. The highest BCUT2D eigenvalue weighted by Gasteiger charge is 1.93. The summed E-state index contributed by atoms with van der Waals surface area (Å²) in [5, 5.41) is 0. The molecule has 1 aromatic heterocycles. The number of rotatable bonds is 0. The topological polar surface area (TPSA) is 183 Å². The summed E-state index contributed by atoms with van der Waals surface area (Å²) in [7, 11) is -2.60. The van der Waals surface area contributed by atoms with E-state index < -0.39 is 10.8 Å². The minimum Gasteiger partial charge on any atom is -0.368 e. The zero-order valence-corrected chi connectivity index (χ0v) is 6.97. The van der Waals surface area contributed by atoms with Crippen LogP contribution in [0.1, 0.15) is 0 Å². The summed E-state index contributed by atoms with van der Waals surface area (Å²) in [4.78, 5) is 10.5. The molecule has 13 heavy (non-hydrogen) atoms. The SMILES string of the molecule is Nc1nc(N)nc(N)n1.[O-][Cl+2]([O-])O. The number of hydrogen-bond donors (Lipinski definition) is 4. The predicted octanol–water partition coefficient (Wildman–Crippen LogP) is -4.32. The molecular weight excluding hydrogens is 204 g/mol. The van der Waals surface area contributed by atoms with Crippen LogP contribution >= 0.6 is 0 Å². The van der Waals surface area contributed by atoms with E-state index in [0.717, 1.165) is 0 Å². The van der Waals surface area contributed by atoms with Crippen molar-refractivity contribution in [2.75, 3.05) is 17.2 Å². The van der Waals surface area contributed by atoms with Gasteiger partial charge in [0, 0.05) is 4.66 Å². The van der Waals surface area contributed by atoms with Crippen LogP contribution in [0, 0.1) is 10.8 Å². The molecule has 0 spiro atoms. The maximum Gasteiger partial charge on any atom is 0.282 e. The molecule has 74 valence electrons. The molecule has 0 radical (unpaired) electrons. The number of hydrogen-bond acceptors (Lipinski definition) is 9. The monoisotopic (exact) mass is 210 g/mol. The van der Waals surface area contributed by atoms with Crippen LogP contribution in [-0.4, -0.2) is 19.6 Å². The maximum absolute atomic E-state index is 8.52. The van der Waals surface area contributed by atoms with E-state index in [1.807, 2.05) is 0 Å². The molecule has 0 atom stereocenters. The van der Waals surface area contributed by atoms with Crippen molar-refractivity contribution in [2.45, 2.75) is 0 Å². The Kier molecular flexibility index (Phi) is 4.69. The lowest BCUT2D eigenvalue weighted by atomic mass is 10.9. The fraction of sp³-hybridized carbons (Fsp3) is 0. The second kappa shape index (κ2) is 5.27. The summed E-state index contributed by atoms with van der Waals surface area (Å²) in [6, 6.07) is 0. The Balaban J connectivity index is 0.000000310. The van der Waals surface area contributed by atoms with Crippen LogP contribution in [0.3, 0.4) is 0 Å². The Morgan fingerprint density at radius 1 is 0.923 bits per heavy atom. The van der Waals surface area contributed by atoms with Gasteiger partial charge in [-0.1, -0.05) is 0 Å². The maximum atomic E-state index is 8.52. The molecule has 0 saturated carbocycles. The summed E-state index contributed by atoms with van der Waals surface area (Å²) in [6.07, 6.45) is 0. The Morgan fingerprint density at radius 2 is 1.08 bits per heavy atom. The van der Waals surface area contributed by atoms with E-state index in [0.29, 0.717) is 0 Å². The van der Waals surface area contributed by atoms with Gasteiger partial charge in [0.15, 0.2) is 0 Å². The largest absolute Gasteiger partial charge is 0.368 e. The van der Waals surface area contributed by atoms with E-state index in [4.69, 9.17) is 31.2 Å². The highest BCUT2D eigenvalue weighted by atomic mass is 35.6. The van der Waals surface area contributed by atoms with E-state index in [1.165, 1.54) is 0 Å². The number of aromatic nitrogens is 3. The standard InChI is InChI=1S/C3H6N6.ClHO3/c4-1-7-2(5)9-3(6)8-1;2-1(3)4/h(H6,4,5,6,7,8,9);2H. The third-order valence-electron chi connectivity index (χ3n) is 0.687. The molecule has 0 aliphatic heterocycles. The minimum atomic E-state index is -2.60. The fourth-order valence-electron chi connectivity index (χ4n) is 0.427. The van der Waals surface area contributed by atoms with Gasteiger partial charge in [0.2, 0.25) is 17.8 Å². The first-order chi connectivity index (χ1) is 5.91. The Morgan fingerprint density at radius 3 is 1.23 bits per heavy atom. The Hall–Kier alpha value is -1.42. The molecular formula is C3H7ClN6O3. The van der Waals surface area contributed by atoms with Gasteiger partial charge < -0.3 is 26.5 Å². The van der Waals surface area contributed by atoms with Gasteiger partial charge in [-0.05, 0) is 0 Å². The summed E-state index contributed by atoms with van der Waals surface area (Å²) < 4.78 is 24.0. The van der Waals surface area contributed by atoms with Crippen LogP contribution in [0.5, 0.6) is 0 Å². The summed E-state index contributed by atoms with van der Waals surface area (Å²) in [6.45, 7) is 0. The third kappa shape index (κ3) is 6.96. The van der Waals surface area contributed by atoms with Gasteiger partial charge in [-0.25, -0.2) is 0 Å². The minimum absolute atomic E-state index is 0.0417. The first kappa shape index (κ1) is 11.6. The predicted molar refractivity (Wildman–Crippen MR) is 35.3 cm³/mol. The van der Waals surface area contributed by atoms with Gasteiger partial charge in [-0.2, -0.15) is 15.0 Å². The zero-order valence-electron chi connectivity index (χ0n) is 6.22. The van der Waals surface area contributed by atoms with Crippen molar-refractivity contribution in [3.8, 4) is 0 Å². The first-order valence-corrected chi connectivity index (χ1v) is 3.64. The summed E-state index contributed by atoms with van der Waals surface area (Å²) in [5.74, 6) is 0.125. The Bertz CT molecular complexity index is 216. The molecule has 7 N–H and O–H groups in total. The van der Waals surface area contributed by atoms with Gasteiger partial charge in [-0.3, -0.25) is 0 Å². The van der Waals surface area contributed by atoms with Gasteiger partial charge in [0.1, 0.15) is 0 Å². The molecule has 0 aromatic carbocycles. The van der Waals surface area contributed by atoms with Crippen LogP contribution in [0.15, 0.2) is 0 Å². The van der Waals surface area contributed by atoms with Crippen LogP contribution in [0.2, 0.25) is 0 Å². The van der Waals surface area contributed by atoms with Crippen molar-refractivity contribution in [1.82, 2.24) is 15.0 Å². The molecule has 0 aliphatic rings. The molecule has 1 heterocycles. The average molecular weight is 211 g/mol. The highest BCUT2D eigenvalue weighted by Crippen LogP contribution is 1.97. The van der Waals surface area contributed by atoms with Crippen molar-refractivity contribution >= 4 is 17.8 Å². The third-order valence-corrected chi connectivity index (χ3v) is 0.687. The molecule has 0 amide bonds. The first-order valence-electron chi connectivity index (χ1n) is 2.69. The number of nitrogens with two attached hydrogens (primary N) is 3. The lowest BCUT2D eigenvalue weighted by molar-refractivity contribution is -1.63. The number of anilines is 3. The zero-order chi connectivity index (χ0) is 10.4. The lowest BCUT2D eigenvalue weighted by Gasteiger charge is -1.93. The van der Waals surface area contributed by atoms with E-state index in [2.05, 4.69) is 15.0 Å². The summed E-state index contributed by atoms with van der Waals surface area (Å²) in [5.41, 5.74) is 15.4. The van der Waals surface area contributed by atoms with Crippen LogP contribution in [0.4, 0.5) is 17.8 Å². The highest BCUT2D eigenvalue weighted by molar-refractivity contribution is 5.33. The molecule has 0 bridgehead atoms. The number of nitrogen functional groups attached to an aromatic ring is 3. The van der Waals surface area contributed by atoms with Crippen LogP contribution < -0.4 is 26.5 Å². The van der Waals surface area contributed by atoms with Crippen LogP contribution in [0.25, 0.3) is 0 Å². The molecule has 0 fully saturated rings. The van der Waals surface area contributed by atoms with E-state index in [1.54, 1.807) is 0 Å². The average Bonchev–Trinajstić information content (AvgIpc) is 1.80. The van der Waals surface area contributed by atoms with E-state index in [9.17, 15) is 0 Å². The molecule has 0 aliphatic carbocycles. The molecule has 10 heteroatoms. The van der Waals surface area contributed by atoms with Crippen molar-refractivity contribution < 1.29 is 24.8 Å². The van der Waals surface area contributed by atoms with Gasteiger partial charge in [0.05, 0.1) is 0 Å². The van der Waals surface area contributed by atoms with Crippen molar-refractivity contribution in [3.63, 3.8) is 0 Å². The van der Waals surface area contributed by atoms with Crippen molar-refractivity contribution in [1.29, 1.82) is 0 Å². The molecule has 0 unspecified atom stereocenters. The van der Waals surface area contributed by atoms with Crippen molar-refractivity contribution in [2.24, 2.45) is 0 Å². The Labute approximate surface area is 75.6 Å². The molecule has 9 nitrogen and oxygen atoms in total. The second-order valence-corrected chi connectivity index (χ2v) is 2.01. The normalized spacial score (nSPS) is 9.23. The fourth-order valence-corrected chi connectivity index (χ4v) is 0.427. The molecule has 1 aromatic rings. The summed E-state index contributed by atoms with van der Waals surface area (Å²) >= 11 is 0. The van der Waals surface area contributed by atoms with Gasteiger partial charge >= 0.3 is 0 Å². The van der Waals surface area contributed by atoms with Crippen LogP contribution in [-0.2, 0) is 0 Å². The smallest absolute Gasteiger partial charge is 0.282 e. The van der Waals surface area contributed by atoms with E-state index >= 15 is 0 Å². The quantitative estimate of drug-likeness (QED) is 0.329. The molecule has 0 saturated heterocycles. The van der Waals surface area contributed by atoms with Gasteiger partial charge in [0.25, 0.3) is 10.8 Å². The van der Waals surface area contributed by atoms with Crippen molar-refractivity contribution in [3.05, 3.63) is 0 Å². The number of nitrogens with zero attached hydrogens (tertiary/aromatic N) is 3. The lowest BCUT2D eigenvalue weighted by Crippen LogP contribution is -2.30.